The highest BCUT2D eigenvalue weighted by Crippen LogP contribution is 2.22. The van der Waals surface area contributed by atoms with Crippen LogP contribution in [0.15, 0.2) is 53.5 Å². The monoisotopic (exact) mass is 383 g/mol. The van der Waals surface area contributed by atoms with Crippen LogP contribution in [0.2, 0.25) is 0 Å². The van der Waals surface area contributed by atoms with Crippen molar-refractivity contribution in [2.75, 3.05) is 45.2 Å². The third kappa shape index (κ3) is 4.70. The zero-order valence-electron chi connectivity index (χ0n) is 16.2. The predicted molar refractivity (Wildman–Crippen MR) is 110 cm³/mol. The number of hydrogen-bond donors (Lipinski definition) is 1. The standard InChI is InChI=1S/C20H25N5O3/c1-21-20(22-15-16-6-8-17(9-7-16)25(26)27)24-12-10-23(11-13-24)18-4-3-5-19(14-18)28-2/h3-9,14H,10-13,15H2,1-2H3,(H,21,22). The molecule has 0 amide bonds. The molecule has 0 aromatic heterocycles. The van der Waals surface area contributed by atoms with Crippen molar-refractivity contribution in [3.05, 3.63) is 64.2 Å². The Morgan fingerprint density at radius 1 is 1.18 bits per heavy atom. The van der Waals surface area contributed by atoms with Gasteiger partial charge in [-0.25, -0.2) is 0 Å². The highest BCUT2D eigenvalue weighted by molar-refractivity contribution is 5.80. The molecule has 2 aromatic rings. The van der Waals surface area contributed by atoms with E-state index in [9.17, 15) is 10.1 Å². The van der Waals surface area contributed by atoms with Crippen molar-refractivity contribution < 1.29 is 9.66 Å². The van der Waals surface area contributed by atoms with Crippen molar-refractivity contribution in [3.63, 3.8) is 0 Å². The lowest BCUT2D eigenvalue weighted by molar-refractivity contribution is -0.384. The minimum Gasteiger partial charge on any atom is -0.497 e. The van der Waals surface area contributed by atoms with Crippen LogP contribution in [0.1, 0.15) is 5.56 Å². The van der Waals surface area contributed by atoms with Crippen LogP contribution in [0.25, 0.3) is 0 Å². The molecule has 8 nitrogen and oxygen atoms in total. The zero-order valence-corrected chi connectivity index (χ0v) is 16.2. The summed E-state index contributed by atoms with van der Waals surface area (Å²) in [6.07, 6.45) is 0. The summed E-state index contributed by atoms with van der Waals surface area (Å²) in [5, 5.41) is 14.1. The van der Waals surface area contributed by atoms with E-state index < -0.39 is 4.92 Å². The number of hydrogen-bond acceptors (Lipinski definition) is 5. The van der Waals surface area contributed by atoms with Crippen molar-refractivity contribution in [1.29, 1.82) is 0 Å². The molecule has 148 valence electrons. The van der Waals surface area contributed by atoms with Gasteiger partial charge in [0.25, 0.3) is 5.69 Å². The van der Waals surface area contributed by atoms with E-state index in [0.717, 1.165) is 49.1 Å². The highest BCUT2D eigenvalue weighted by Gasteiger charge is 2.20. The normalized spacial score (nSPS) is 14.7. The van der Waals surface area contributed by atoms with Gasteiger partial charge in [0.15, 0.2) is 5.96 Å². The van der Waals surface area contributed by atoms with Crippen LogP contribution >= 0.6 is 0 Å². The van der Waals surface area contributed by atoms with Gasteiger partial charge < -0.3 is 19.9 Å². The Hall–Kier alpha value is -3.29. The first-order valence-electron chi connectivity index (χ1n) is 9.18. The lowest BCUT2D eigenvalue weighted by Gasteiger charge is -2.37. The molecular formula is C20H25N5O3. The molecule has 2 aromatic carbocycles. The largest absolute Gasteiger partial charge is 0.497 e. The van der Waals surface area contributed by atoms with Gasteiger partial charge >= 0.3 is 0 Å². The summed E-state index contributed by atoms with van der Waals surface area (Å²) in [5.41, 5.74) is 2.23. The topological polar surface area (TPSA) is 83.2 Å². The average molecular weight is 383 g/mol. The summed E-state index contributed by atoms with van der Waals surface area (Å²) < 4.78 is 5.31. The lowest BCUT2D eigenvalue weighted by atomic mass is 10.2. The molecule has 28 heavy (non-hydrogen) atoms. The fourth-order valence-corrected chi connectivity index (χ4v) is 3.23. The van der Waals surface area contributed by atoms with Crippen LogP contribution in [0.4, 0.5) is 11.4 Å². The van der Waals surface area contributed by atoms with E-state index in [1.807, 2.05) is 12.1 Å². The Morgan fingerprint density at radius 2 is 1.89 bits per heavy atom. The molecule has 1 fully saturated rings. The summed E-state index contributed by atoms with van der Waals surface area (Å²) in [4.78, 5) is 19.3. The molecule has 3 rings (SSSR count). The number of nitrogens with one attached hydrogen (secondary N) is 1. The molecule has 1 aliphatic rings. The van der Waals surface area contributed by atoms with Crippen molar-refractivity contribution in [2.24, 2.45) is 4.99 Å². The van der Waals surface area contributed by atoms with Gasteiger partial charge in [0.05, 0.1) is 12.0 Å². The summed E-state index contributed by atoms with van der Waals surface area (Å²) in [6, 6.07) is 14.7. The highest BCUT2D eigenvalue weighted by atomic mass is 16.6. The molecule has 0 bridgehead atoms. The summed E-state index contributed by atoms with van der Waals surface area (Å²) in [7, 11) is 3.45. The molecule has 1 N–H and O–H groups in total. The molecule has 0 radical (unpaired) electrons. The molecule has 1 heterocycles. The fraction of sp³-hybridized carbons (Fsp3) is 0.350. The second-order valence-corrected chi connectivity index (χ2v) is 6.50. The molecule has 1 aliphatic heterocycles. The van der Waals surface area contributed by atoms with Gasteiger partial charge in [0.1, 0.15) is 5.75 Å². The third-order valence-electron chi connectivity index (χ3n) is 4.81. The number of rotatable bonds is 5. The Morgan fingerprint density at radius 3 is 2.50 bits per heavy atom. The van der Waals surface area contributed by atoms with Crippen LogP contribution in [0, 0.1) is 10.1 Å². The number of methoxy groups -OCH3 is 1. The SMILES string of the molecule is CN=C(NCc1ccc([N+](=O)[O-])cc1)N1CCN(c2cccc(OC)c2)CC1. The van der Waals surface area contributed by atoms with Gasteiger partial charge in [-0.05, 0) is 17.7 Å². The number of benzene rings is 2. The molecular weight excluding hydrogens is 358 g/mol. The first kappa shape index (κ1) is 19.5. The minimum atomic E-state index is -0.391. The number of nitro benzene ring substituents is 1. The number of guanidine groups is 1. The van der Waals surface area contributed by atoms with Crippen molar-refractivity contribution >= 4 is 17.3 Å². The summed E-state index contributed by atoms with van der Waals surface area (Å²) in [5.74, 6) is 1.70. The van der Waals surface area contributed by atoms with E-state index in [2.05, 4.69) is 32.2 Å². The first-order chi connectivity index (χ1) is 13.6. The molecule has 1 saturated heterocycles. The number of nitrogens with zero attached hydrogens (tertiary/aromatic N) is 4. The molecule has 0 unspecified atom stereocenters. The number of piperazine rings is 1. The molecule has 0 spiro atoms. The Kier molecular flexibility index (Phi) is 6.31. The second-order valence-electron chi connectivity index (χ2n) is 6.50. The number of anilines is 1. The number of aliphatic imine (C=N–C) groups is 1. The van der Waals surface area contributed by atoms with E-state index in [1.165, 1.54) is 12.1 Å². The first-order valence-corrected chi connectivity index (χ1v) is 9.18. The zero-order chi connectivity index (χ0) is 19.9. The Bertz CT molecular complexity index is 830. The second kappa shape index (κ2) is 9.07. The van der Waals surface area contributed by atoms with E-state index in [4.69, 9.17) is 4.74 Å². The van der Waals surface area contributed by atoms with Gasteiger partial charge in [-0.15, -0.1) is 0 Å². The van der Waals surface area contributed by atoms with Gasteiger partial charge in [-0.3, -0.25) is 15.1 Å². The summed E-state index contributed by atoms with van der Waals surface area (Å²) >= 11 is 0. The fourth-order valence-electron chi connectivity index (χ4n) is 3.23. The van der Waals surface area contributed by atoms with Crippen molar-refractivity contribution in [1.82, 2.24) is 10.2 Å². The number of non-ortho nitro benzene ring substituents is 1. The van der Waals surface area contributed by atoms with E-state index >= 15 is 0 Å². The number of ether oxygens (including phenoxy) is 1. The lowest BCUT2D eigenvalue weighted by Crippen LogP contribution is -2.52. The Balaban J connectivity index is 1.54. The summed E-state index contributed by atoms with van der Waals surface area (Å²) in [6.45, 7) is 4.08. The van der Waals surface area contributed by atoms with E-state index in [-0.39, 0.29) is 5.69 Å². The van der Waals surface area contributed by atoms with Gasteiger partial charge in [-0.2, -0.15) is 0 Å². The van der Waals surface area contributed by atoms with Gasteiger partial charge in [-0.1, -0.05) is 18.2 Å². The van der Waals surface area contributed by atoms with Crippen molar-refractivity contribution in [2.45, 2.75) is 6.54 Å². The van der Waals surface area contributed by atoms with Crippen LogP contribution in [-0.2, 0) is 6.54 Å². The molecule has 0 aliphatic carbocycles. The van der Waals surface area contributed by atoms with E-state index in [0.29, 0.717) is 6.54 Å². The van der Waals surface area contributed by atoms with Crippen LogP contribution in [0.3, 0.4) is 0 Å². The average Bonchev–Trinajstić information content (AvgIpc) is 2.75. The minimum absolute atomic E-state index is 0.0989. The van der Waals surface area contributed by atoms with Gasteiger partial charge in [0.2, 0.25) is 0 Å². The quantitative estimate of drug-likeness (QED) is 0.370. The third-order valence-corrected chi connectivity index (χ3v) is 4.81. The Labute approximate surface area is 164 Å². The maximum atomic E-state index is 10.7. The van der Waals surface area contributed by atoms with Gasteiger partial charge in [0, 0.05) is 63.7 Å². The van der Waals surface area contributed by atoms with Crippen LogP contribution < -0.4 is 15.0 Å². The van der Waals surface area contributed by atoms with Crippen LogP contribution in [-0.4, -0.2) is 56.1 Å². The predicted octanol–water partition coefficient (Wildman–Crippen LogP) is 2.50. The smallest absolute Gasteiger partial charge is 0.269 e. The number of nitro groups is 1. The molecule has 0 saturated carbocycles. The molecule has 8 heteroatoms. The van der Waals surface area contributed by atoms with Crippen molar-refractivity contribution in [3.8, 4) is 5.75 Å². The maximum absolute atomic E-state index is 10.7. The maximum Gasteiger partial charge on any atom is 0.269 e. The molecule has 0 atom stereocenters. The van der Waals surface area contributed by atoms with Crippen LogP contribution in [0.5, 0.6) is 5.75 Å². The van der Waals surface area contributed by atoms with E-state index in [1.54, 1.807) is 26.3 Å².